The summed E-state index contributed by atoms with van der Waals surface area (Å²) in [5, 5.41) is 0. The second kappa shape index (κ2) is 73.9. The van der Waals surface area contributed by atoms with Gasteiger partial charge in [0.25, 0.3) is 0 Å². The highest BCUT2D eigenvalue weighted by Gasteiger charge is 2.38. The van der Waals surface area contributed by atoms with Crippen molar-refractivity contribution in [3.8, 4) is 0 Å². The summed E-state index contributed by atoms with van der Waals surface area (Å²) < 4.78 is 76.4. The SMILES string of the molecule is C=CC(=O)OCCCCCCCCOC.C=CC(=O)OCCCCCCOC.C=CCCCCCCOC.C=CCCOC.CCCCCCC(=O)OCC1(CC)COC1.CCOCCCCCOCC1(C)COC1.COCCOCCOCC1(C)COC1. The molecule has 0 aromatic carbocycles. The Hall–Kier alpha value is -3.11. The molecule has 0 amide bonds. The fourth-order valence-corrected chi connectivity index (χ4v) is 7.89. The summed E-state index contributed by atoms with van der Waals surface area (Å²) in [7, 11) is 8.53. The van der Waals surface area contributed by atoms with E-state index in [9.17, 15) is 14.4 Å². The topological polar surface area (TPSA) is 190 Å². The van der Waals surface area contributed by atoms with Crippen LogP contribution in [0.2, 0.25) is 0 Å². The monoisotopic (exact) mass is 1280 g/mol. The Kier molecular flexibility index (Phi) is 76.7. The van der Waals surface area contributed by atoms with Crippen molar-refractivity contribution in [1.82, 2.24) is 0 Å². The van der Waals surface area contributed by atoms with Crippen molar-refractivity contribution in [3.63, 3.8) is 0 Å². The van der Waals surface area contributed by atoms with Gasteiger partial charge >= 0.3 is 17.9 Å². The van der Waals surface area contributed by atoms with Gasteiger partial charge in [-0.15, -0.1) is 13.2 Å². The van der Waals surface area contributed by atoms with Gasteiger partial charge in [-0.2, -0.15) is 0 Å². The summed E-state index contributed by atoms with van der Waals surface area (Å²) in [6.45, 7) is 41.1. The molecule has 0 aromatic rings. The third-order valence-electron chi connectivity index (χ3n) is 14.0. The predicted octanol–water partition coefficient (Wildman–Crippen LogP) is 14.5. The molecule has 0 unspecified atom stereocenters. The van der Waals surface area contributed by atoms with Crippen molar-refractivity contribution in [2.24, 2.45) is 16.2 Å². The van der Waals surface area contributed by atoms with Crippen LogP contribution in [0, 0.1) is 16.2 Å². The Morgan fingerprint density at radius 2 is 0.764 bits per heavy atom. The van der Waals surface area contributed by atoms with Crippen molar-refractivity contribution in [1.29, 1.82) is 0 Å². The van der Waals surface area contributed by atoms with Gasteiger partial charge in [-0.1, -0.05) is 117 Å². The van der Waals surface area contributed by atoms with Gasteiger partial charge in [-0.3, -0.25) is 4.79 Å². The van der Waals surface area contributed by atoms with E-state index in [0.717, 1.165) is 189 Å². The second-order valence-corrected chi connectivity index (χ2v) is 23.2. The van der Waals surface area contributed by atoms with Gasteiger partial charge in [-0.25, -0.2) is 9.59 Å². The Bertz CT molecular complexity index is 1510. The van der Waals surface area contributed by atoms with Crippen molar-refractivity contribution in [2.75, 3.05) is 181 Å². The first-order valence-electron chi connectivity index (χ1n) is 33.7. The Morgan fingerprint density at radius 3 is 1.15 bits per heavy atom. The number of esters is 3. The number of hydrogen-bond donors (Lipinski definition) is 0. The van der Waals surface area contributed by atoms with E-state index in [1.165, 1.54) is 76.4 Å². The van der Waals surface area contributed by atoms with Gasteiger partial charge in [-0.05, 0) is 96.8 Å². The zero-order valence-corrected chi connectivity index (χ0v) is 58.7. The number of methoxy groups -OCH3 is 5. The first kappa shape index (κ1) is 92.3. The molecule has 0 aromatic heterocycles. The maximum Gasteiger partial charge on any atom is 0.330 e. The van der Waals surface area contributed by atoms with E-state index in [0.29, 0.717) is 58.1 Å². The maximum atomic E-state index is 11.4. The van der Waals surface area contributed by atoms with E-state index in [4.69, 9.17) is 71.1 Å². The van der Waals surface area contributed by atoms with Crippen LogP contribution in [0.5, 0.6) is 0 Å². The number of allylic oxidation sites excluding steroid dienone is 1. The Balaban J connectivity index is -0.000000480. The van der Waals surface area contributed by atoms with Crippen LogP contribution in [0.15, 0.2) is 50.6 Å². The molecule has 3 saturated heterocycles. The van der Waals surface area contributed by atoms with E-state index in [1.807, 2.05) is 19.1 Å². The van der Waals surface area contributed by atoms with E-state index < -0.39 is 0 Å². The third-order valence-corrected chi connectivity index (χ3v) is 14.0. The molecule has 528 valence electrons. The number of unbranched alkanes of at least 4 members (excludes halogenated alkanes) is 17. The zero-order chi connectivity index (χ0) is 66.9. The van der Waals surface area contributed by atoms with Crippen molar-refractivity contribution >= 4 is 17.9 Å². The standard InChI is InChI=1S/C13H24O3.C12H24O3.C12H22O3.C10H20O4.C10H18O3.C9H18O.C5H10O/c1-3-5-6-7-8-12(14)16-11-13(4-2)9-15-10-13;1-3-13-7-5-4-6-8-14-9-12(2)10-15-11-12;1-3-12(13)15-11-9-7-5-4-6-8-10-14-2;1-10(8-14-9-10)7-13-6-5-12-4-3-11-2;1-3-10(11)13-9-7-5-4-6-8-12-2;1-3-4-5-6-7-8-9-10-2;1-3-4-5-6-2/h3-11H2,1-2H3;3-11H2,1-2H3;3H,1,4-11H2,2H3;3-9H2,1-2H3;3H,1,4-9H2,2H3;3H,1,4-9H2,2H3;3H,1,4-5H2,2H3. The lowest BCUT2D eigenvalue weighted by molar-refractivity contribution is -0.170. The molecule has 0 radical (unpaired) electrons. The fourth-order valence-electron chi connectivity index (χ4n) is 7.89. The van der Waals surface area contributed by atoms with Crippen LogP contribution in [0.4, 0.5) is 0 Å². The molecule has 3 heterocycles. The van der Waals surface area contributed by atoms with Crippen molar-refractivity contribution in [3.05, 3.63) is 50.6 Å². The largest absolute Gasteiger partial charge is 0.465 e. The zero-order valence-electron chi connectivity index (χ0n) is 58.7. The van der Waals surface area contributed by atoms with Gasteiger partial charge in [0.05, 0.1) is 97.9 Å². The van der Waals surface area contributed by atoms with Crippen molar-refractivity contribution in [2.45, 2.75) is 195 Å². The van der Waals surface area contributed by atoms with Crippen LogP contribution in [0.3, 0.4) is 0 Å². The number of carbonyl (C=O) groups excluding carboxylic acids is 3. The predicted molar refractivity (Wildman–Crippen MR) is 360 cm³/mol. The van der Waals surface area contributed by atoms with E-state index in [-0.39, 0.29) is 28.7 Å². The van der Waals surface area contributed by atoms with Gasteiger partial charge in [0.2, 0.25) is 0 Å². The molecule has 3 fully saturated rings. The van der Waals surface area contributed by atoms with E-state index in [2.05, 4.69) is 54.0 Å². The molecule has 89 heavy (non-hydrogen) atoms. The lowest BCUT2D eigenvalue weighted by Crippen LogP contribution is -2.46. The number of ether oxygens (including phenoxy) is 15. The lowest BCUT2D eigenvalue weighted by atomic mass is 9.84. The summed E-state index contributed by atoms with van der Waals surface area (Å²) in [5.41, 5.74) is 0.664. The average molecular weight is 1280 g/mol. The highest BCUT2D eigenvalue weighted by atomic mass is 16.6. The van der Waals surface area contributed by atoms with Crippen LogP contribution in [0.1, 0.15) is 195 Å². The minimum absolute atomic E-state index is 0.0455. The summed E-state index contributed by atoms with van der Waals surface area (Å²) in [6.07, 6.45) is 34.1. The van der Waals surface area contributed by atoms with Gasteiger partial charge in [0, 0.05) is 111 Å². The first-order chi connectivity index (χ1) is 43.2. The smallest absolute Gasteiger partial charge is 0.330 e. The van der Waals surface area contributed by atoms with Crippen molar-refractivity contribution < 1.29 is 85.4 Å². The summed E-state index contributed by atoms with van der Waals surface area (Å²) in [4.78, 5) is 32.7. The molecule has 18 heteroatoms. The van der Waals surface area contributed by atoms with Crippen LogP contribution >= 0.6 is 0 Å². The molecular weight excluding hydrogens is 1140 g/mol. The molecule has 0 bridgehead atoms. The minimum Gasteiger partial charge on any atom is -0.465 e. The maximum absolute atomic E-state index is 11.4. The molecule has 0 N–H and O–H groups in total. The normalized spacial score (nSPS) is 14.1. The molecule has 0 spiro atoms. The van der Waals surface area contributed by atoms with E-state index in [1.54, 1.807) is 35.5 Å². The quantitative estimate of drug-likeness (QED) is 0.0184. The molecule has 0 aliphatic carbocycles. The van der Waals surface area contributed by atoms with Crippen LogP contribution < -0.4 is 0 Å². The third kappa shape index (κ3) is 70.6. The van der Waals surface area contributed by atoms with Crippen LogP contribution in [-0.2, 0) is 85.4 Å². The van der Waals surface area contributed by atoms with E-state index >= 15 is 0 Å². The Morgan fingerprint density at radius 1 is 0.382 bits per heavy atom. The number of rotatable bonds is 53. The second-order valence-electron chi connectivity index (χ2n) is 23.2. The minimum atomic E-state index is -0.336. The molecule has 3 aliphatic rings. The van der Waals surface area contributed by atoms with Gasteiger partial charge in [0.1, 0.15) is 6.61 Å². The molecular formula is C71H136O18. The van der Waals surface area contributed by atoms with Gasteiger partial charge in [0.15, 0.2) is 0 Å². The molecule has 3 aliphatic heterocycles. The summed E-state index contributed by atoms with van der Waals surface area (Å²) in [5.74, 6) is -0.706. The molecule has 18 nitrogen and oxygen atoms in total. The summed E-state index contributed by atoms with van der Waals surface area (Å²) >= 11 is 0. The van der Waals surface area contributed by atoms with Crippen LogP contribution in [-0.4, -0.2) is 199 Å². The molecule has 0 saturated carbocycles. The highest BCUT2D eigenvalue weighted by Crippen LogP contribution is 2.31. The Labute approximate surface area is 544 Å². The number of hydrogen-bond acceptors (Lipinski definition) is 18. The highest BCUT2D eigenvalue weighted by molar-refractivity contribution is 5.81. The lowest BCUT2D eigenvalue weighted by Gasteiger charge is -2.39. The first-order valence-corrected chi connectivity index (χ1v) is 33.7. The fraction of sp³-hybridized carbons (Fsp3) is 0.845. The van der Waals surface area contributed by atoms with Gasteiger partial charge < -0.3 is 71.1 Å². The van der Waals surface area contributed by atoms with Crippen LogP contribution in [0.25, 0.3) is 0 Å². The molecule has 3 rings (SSSR count). The average Bonchev–Trinajstić information content (AvgIpc) is 3.62. The molecule has 0 atom stereocenters. The summed E-state index contributed by atoms with van der Waals surface area (Å²) in [6, 6.07) is 0. The number of carbonyl (C=O) groups is 3.